The lowest BCUT2D eigenvalue weighted by molar-refractivity contribution is -0.123. The molecule has 3 aromatic rings. The minimum absolute atomic E-state index is 0.229. The minimum atomic E-state index is -0.635. The van der Waals surface area contributed by atoms with Crippen LogP contribution < -0.4 is 10.6 Å². The normalized spacial score (nSPS) is 13.0. The van der Waals surface area contributed by atoms with Gasteiger partial charge in [-0.2, -0.15) is 5.10 Å². The second-order valence-electron chi connectivity index (χ2n) is 6.84. The summed E-state index contributed by atoms with van der Waals surface area (Å²) in [4.78, 5) is 25.2. The van der Waals surface area contributed by atoms with Crippen LogP contribution in [0.5, 0.6) is 0 Å². The zero-order valence-corrected chi connectivity index (χ0v) is 17.2. The molecule has 0 saturated heterocycles. The first-order valence-corrected chi connectivity index (χ1v) is 10.0. The van der Waals surface area contributed by atoms with Crippen LogP contribution in [-0.2, 0) is 4.79 Å². The molecular weight excluding hydrogens is 372 g/mol. The van der Waals surface area contributed by atoms with Gasteiger partial charge in [-0.1, -0.05) is 23.8 Å². The van der Waals surface area contributed by atoms with Crippen molar-refractivity contribution in [1.29, 1.82) is 0 Å². The lowest BCUT2D eigenvalue weighted by Gasteiger charge is -2.18. The predicted octanol–water partition coefficient (Wildman–Crippen LogP) is 3.55. The highest BCUT2D eigenvalue weighted by atomic mass is 32.1. The van der Waals surface area contributed by atoms with Crippen molar-refractivity contribution >= 4 is 23.2 Å². The number of aryl methyl sites for hydroxylation is 1. The zero-order chi connectivity index (χ0) is 20.3. The second kappa shape index (κ2) is 8.39. The molecule has 2 N–H and O–H groups in total. The van der Waals surface area contributed by atoms with E-state index in [2.05, 4.69) is 15.7 Å². The summed E-state index contributed by atoms with van der Waals surface area (Å²) in [6, 6.07) is 10.8. The van der Waals surface area contributed by atoms with Crippen molar-refractivity contribution in [3.63, 3.8) is 0 Å². The molecule has 2 atom stereocenters. The smallest absolute Gasteiger partial charge is 0.261 e. The number of hydrogen-bond donors (Lipinski definition) is 2. The lowest BCUT2D eigenvalue weighted by Crippen LogP contribution is -2.45. The van der Waals surface area contributed by atoms with Gasteiger partial charge < -0.3 is 10.6 Å². The quantitative estimate of drug-likeness (QED) is 0.669. The van der Waals surface area contributed by atoms with E-state index in [1.54, 1.807) is 25.3 Å². The van der Waals surface area contributed by atoms with Crippen LogP contribution in [0.1, 0.15) is 46.4 Å². The molecule has 0 spiro atoms. The molecular formula is C21H24N4O2S. The highest BCUT2D eigenvalue weighted by Gasteiger charge is 2.21. The molecule has 1 aromatic carbocycles. The Balaban J connectivity index is 1.65. The molecule has 0 radical (unpaired) electrons. The largest absolute Gasteiger partial charge is 0.348 e. The van der Waals surface area contributed by atoms with Crippen molar-refractivity contribution in [3.05, 3.63) is 69.7 Å². The van der Waals surface area contributed by atoms with Crippen molar-refractivity contribution in [2.45, 2.75) is 39.8 Å². The van der Waals surface area contributed by atoms with E-state index in [0.29, 0.717) is 4.88 Å². The standard InChI is InChI=1S/C21H24N4O2S/c1-13-7-9-17(10-8-13)25-16(4)18(12-22-25)14(2)23-20(26)15(3)24-21(27)19-6-5-11-28-19/h5-12,14-15H,1-4H3,(H,23,26)(H,24,27). The monoisotopic (exact) mass is 396 g/mol. The number of hydrogen-bond acceptors (Lipinski definition) is 4. The van der Waals surface area contributed by atoms with Crippen LogP contribution in [0.25, 0.3) is 5.69 Å². The lowest BCUT2D eigenvalue weighted by atomic mass is 10.1. The van der Waals surface area contributed by atoms with Crippen LogP contribution >= 0.6 is 11.3 Å². The van der Waals surface area contributed by atoms with Gasteiger partial charge in [0.05, 0.1) is 22.8 Å². The molecule has 2 unspecified atom stereocenters. The fourth-order valence-corrected chi connectivity index (χ4v) is 3.58. The summed E-state index contributed by atoms with van der Waals surface area (Å²) in [7, 11) is 0. The number of benzene rings is 1. The Morgan fingerprint density at radius 1 is 1.07 bits per heavy atom. The Bertz CT molecular complexity index is 961. The first kappa shape index (κ1) is 19.8. The molecule has 3 rings (SSSR count). The van der Waals surface area contributed by atoms with Gasteiger partial charge in [0.2, 0.25) is 5.91 Å². The Morgan fingerprint density at radius 3 is 2.43 bits per heavy atom. The molecule has 146 valence electrons. The van der Waals surface area contributed by atoms with Gasteiger partial charge in [0, 0.05) is 11.3 Å². The summed E-state index contributed by atoms with van der Waals surface area (Å²) < 4.78 is 1.86. The van der Waals surface area contributed by atoms with Gasteiger partial charge in [-0.05, 0) is 51.3 Å². The molecule has 6 nitrogen and oxygen atoms in total. The fraction of sp³-hybridized carbons (Fsp3) is 0.286. The highest BCUT2D eigenvalue weighted by Crippen LogP contribution is 2.20. The molecule has 2 aromatic heterocycles. The first-order valence-electron chi connectivity index (χ1n) is 9.13. The molecule has 0 aliphatic heterocycles. The summed E-state index contributed by atoms with van der Waals surface area (Å²) >= 11 is 1.34. The average Bonchev–Trinajstić information content (AvgIpc) is 3.32. The Kier molecular flexibility index (Phi) is 5.94. The number of carbonyl (C=O) groups is 2. The van der Waals surface area contributed by atoms with E-state index in [1.165, 1.54) is 16.9 Å². The van der Waals surface area contributed by atoms with Crippen molar-refractivity contribution in [2.75, 3.05) is 0 Å². The number of aromatic nitrogens is 2. The van der Waals surface area contributed by atoms with E-state index >= 15 is 0 Å². The molecule has 28 heavy (non-hydrogen) atoms. The molecule has 2 amide bonds. The second-order valence-corrected chi connectivity index (χ2v) is 7.78. The van der Waals surface area contributed by atoms with Crippen molar-refractivity contribution in [1.82, 2.24) is 20.4 Å². The minimum Gasteiger partial charge on any atom is -0.348 e. The molecule has 7 heteroatoms. The molecule has 2 heterocycles. The third kappa shape index (κ3) is 4.31. The average molecular weight is 397 g/mol. The summed E-state index contributed by atoms with van der Waals surface area (Å²) in [6.07, 6.45) is 1.77. The fourth-order valence-electron chi connectivity index (χ4n) is 2.95. The third-order valence-electron chi connectivity index (χ3n) is 4.64. The van der Waals surface area contributed by atoms with Gasteiger partial charge in [-0.15, -0.1) is 11.3 Å². The van der Waals surface area contributed by atoms with Crippen LogP contribution in [0.15, 0.2) is 48.0 Å². The Hall–Kier alpha value is -2.93. The van der Waals surface area contributed by atoms with E-state index in [9.17, 15) is 9.59 Å². The number of amides is 2. The van der Waals surface area contributed by atoms with Crippen molar-refractivity contribution < 1.29 is 9.59 Å². The van der Waals surface area contributed by atoms with Crippen LogP contribution in [0.4, 0.5) is 0 Å². The van der Waals surface area contributed by atoms with Crippen molar-refractivity contribution in [3.8, 4) is 5.69 Å². The molecule has 0 aliphatic rings. The number of carbonyl (C=O) groups excluding carboxylic acids is 2. The van der Waals surface area contributed by atoms with Crippen LogP contribution in [-0.4, -0.2) is 27.6 Å². The van der Waals surface area contributed by atoms with Crippen molar-refractivity contribution in [2.24, 2.45) is 0 Å². The molecule has 0 aliphatic carbocycles. The maximum Gasteiger partial charge on any atom is 0.261 e. The number of nitrogens with zero attached hydrogens (tertiary/aromatic N) is 2. The van der Waals surface area contributed by atoms with Crippen LogP contribution in [0, 0.1) is 13.8 Å². The van der Waals surface area contributed by atoms with Gasteiger partial charge in [0.15, 0.2) is 0 Å². The predicted molar refractivity (Wildman–Crippen MR) is 111 cm³/mol. The van der Waals surface area contributed by atoms with E-state index < -0.39 is 6.04 Å². The summed E-state index contributed by atoms with van der Waals surface area (Å²) in [5.41, 5.74) is 4.06. The van der Waals surface area contributed by atoms with Gasteiger partial charge in [0.25, 0.3) is 5.91 Å². The third-order valence-corrected chi connectivity index (χ3v) is 5.51. The van der Waals surface area contributed by atoms with Gasteiger partial charge in [0.1, 0.15) is 6.04 Å². The topological polar surface area (TPSA) is 76.0 Å². The van der Waals surface area contributed by atoms with E-state index in [4.69, 9.17) is 0 Å². The Morgan fingerprint density at radius 2 is 1.79 bits per heavy atom. The summed E-state index contributed by atoms with van der Waals surface area (Å²) in [5, 5.41) is 12.0. The van der Waals surface area contributed by atoms with Gasteiger partial charge >= 0.3 is 0 Å². The summed E-state index contributed by atoms with van der Waals surface area (Å²) in [5.74, 6) is -0.478. The van der Waals surface area contributed by atoms with E-state index in [-0.39, 0.29) is 17.9 Å². The highest BCUT2D eigenvalue weighted by molar-refractivity contribution is 7.12. The number of thiophene rings is 1. The maximum absolute atomic E-state index is 12.5. The first-order chi connectivity index (χ1) is 13.4. The van der Waals surface area contributed by atoms with E-state index in [0.717, 1.165) is 16.9 Å². The summed E-state index contributed by atoms with van der Waals surface area (Å²) in [6.45, 7) is 7.61. The zero-order valence-electron chi connectivity index (χ0n) is 16.4. The van der Waals surface area contributed by atoms with Gasteiger partial charge in [-0.25, -0.2) is 4.68 Å². The molecule has 0 saturated carbocycles. The molecule has 0 bridgehead atoms. The maximum atomic E-state index is 12.5. The van der Waals surface area contributed by atoms with Crippen LogP contribution in [0.3, 0.4) is 0 Å². The van der Waals surface area contributed by atoms with Gasteiger partial charge in [-0.3, -0.25) is 9.59 Å². The molecule has 0 fully saturated rings. The number of rotatable bonds is 6. The van der Waals surface area contributed by atoms with Crippen LogP contribution in [0.2, 0.25) is 0 Å². The Labute approximate surface area is 168 Å². The number of nitrogens with one attached hydrogen (secondary N) is 2. The van der Waals surface area contributed by atoms with E-state index in [1.807, 2.05) is 55.1 Å². The SMILES string of the molecule is Cc1ccc(-n2ncc(C(C)NC(=O)C(C)NC(=O)c3cccs3)c2C)cc1.